The van der Waals surface area contributed by atoms with Crippen molar-refractivity contribution in [2.75, 3.05) is 37.6 Å². The number of piperazine rings is 1. The summed E-state index contributed by atoms with van der Waals surface area (Å²) in [5, 5.41) is 10.3. The lowest BCUT2D eigenvalue weighted by Crippen LogP contribution is -2.46. The molecule has 3 rings (SSSR count). The number of para-hydroxylation sites is 1. The molecule has 3 heteroatoms. The zero-order valence-corrected chi connectivity index (χ0v) is 13.9. The molecule has 1 aliphatic heterocycles. The van der Waals surface area contributed by atoms with Crippen LogP contribution in [0.3, 0.4) is 0 Å². The fraction of sp³-hybridized carbons (Fsp3) is 0.400. The summed E-state index contributed by atoms with van der Waals surface area (Å²) in [6, 6.07) is 18.8. The smallest absolute Gasteiger partial charge is 0.0802 e. The average molecular weight is 310 g/mol. The van der Waals surface area contributed by atoms with Crippen LogP contribution in [0.5, 0.6) is 0 Å². The average Bonchev–Trinajstić information content (AvgIpc) is 2.61. The van der Waals surface area contributed by atoms with E-state index in [1.807, 2.05) is 12.1 Å². The number of aryl methyl sites for hydroxylation is 1. The largest absolute Gasteiger partial charge is 0.388 e. The van der Waals surface area contributed by atoms with Crippen molar-refractivity contribution in [2.24, 2.45) is 0 Å². The summed E-state index contributed by atoms with van der Waals surface area (Å²) in [5.41, 5.74) is 3.57. The van der Waals surface area contributed by atoms with Crippen molar-refractivity contribution in [3.8, 4) is 0 Å². The third kappa shape index (κ3) is 4.34. The van der Waals surface area contributed by atoms with E-state index in [1.165, 1.54) is 11.3 Å². The summed E-state index contributed by atoms with van der Waals surface area (Å²) in [6.45, 7) is 7.28. The van der Waals surface area contributed by atoms with Crippen LogP contribution in [-0.2, 0) is 0 Å². The lowest BCUT2D eigenvalue weighted by Gasteiger charge is -2.36. The summed E-state index contributed by atoms with van der Waals surface area (Å²) in [6.07, 6.45) is 0.441. The van der Waals surface area contributed by atoms with E-state index in [2.05, 4.69) is 59.2 Å². The molecule has 1 heterocycles. The Morgan fingerprint density at radius 3 is 2.22 bits per heavy atom. The van der Waals surface area contributed by atoms with Gasteiger partial charge in [0.25, 0.3) is 0 Å². The number of rotatable bonds is 5. The summed E-state index contributed by atoms with van der Waals surface area (Å²) in [5.74, 6) is 0. The molecule has 0 spiro atoms. The van der Waals surface area contributed by atoms with Crippen molar-refractivity contribution in [1.82, 2.24) is 4.90 Å². The van der Waals surface area contributed by atoms with Crippen LogP contribution in [0.1, 0.15) is 23.7 Å². The van der Waals surface area contributed by atoms with Crippen molar-refractivity contribution >= 4 is 5.69 Å². The first kappa shape index (κ1) is 16.0. The molecule has 0 aliphatic carbocycles. The van der Waals surface area contributed by atoms with Crippen molar-refractivity contribution < 1.29 is 5.11 Å². The molecule has 0 aromatic heterocycles. The first-order valence-corrected chi connectivity index (χ1v) is 8.49. The molecule has 0 unspecified atom stereocenters. The van der Waals surface area contributed by atoms with Gasteiger partial charge in [0, 0.05) is 38.4 Å². The minimum atomic E-state index is -0.359. The van der Waals surface area contributed by atoms with Gasteiger partial charge in [-0.15, -0.1) is 0 Å². The zero-order valence-electron chi connectivity index (χ0n) is 13.9. The highest BCUT2D eigenvalue weighted by atomic mass is 16.3. The van der Waals surface area contributed by atoms with Crippen LogP contribution in [0, 0.1) is 6.92 Å². The fourth-order valence-corrected chi connectivity index (χ4v) is 3.13. The van der Waals surface area contributed by atoms with Crippen molar-refractivity contribution in [3.63, 3.8) is 0 Å². The summed E-state index contributed by atoms with van der Waals surface area (Å²) in [4.78, 5) is 4.89. The van der Waals surface area contributed by atoms with E-state index in [0.717, 1.165) is 44.7 Å². The lowest BCUT2D eigenvalue weighted by atomic mass is 10.0. The predicted octanol–water partition coefficient (Wildman–Crippen LogP) is 3.24. The molecule has 1 saturated heterocycles. The maximum atomic E-state index is 10.3. The number of benzene rings is 2. The third-order valence-corrected chi connectivity index (χ3v) is 4.67. The molecule has 0 amide bonds. The monoisotopic (exact) mass is 310 g/mol. The number of hydrogen-bond acceptors (Lipinski definition) is 3. The molecule has 0 radical (unpaired) electrons. The van der Waals surface area contributed by atoms with Gasteiger partial charge >= 0.3 is 0 Å². The van der Waals surface area contributed by atoms with E-state index in [4.69, 9.17) is 0 Å². The van der Waals surface area contributed by atoms with Crippen molar-refractivity contribution in [2.45, 2.75) is 19.4 Å². The van der Waals surface area contributed by atoms with Gasteiger partial charge in [0.1, 0.15) is 0 Å². The molecular formula is C20H26N2O. The predicted molar refractivity (Wildman–Crippen MR) is 95.9 cm³/mol. The first-order chi connectivity index (χ1) is 11.2. The summed E-state index contributed by atoms with van der Waals surface area (Å²) >= 11 is 0. The Morgan fingerprint density at radius 1 is 0.913 bits per heavy atom. The van der Waals surface area contributed by atoms with Gasteiger partial charge in [-0.1, -0.05) is 48.0 Å². The normalized spacial score (nSPS) is 17.2. The van der Waals surface area contributed by atoms with Crippen LogP contribution in [-0.4, -0.2) is 42.7 Å². The van der Waals surface area contributed by atoms with E-state index >= 15 is 0 Å². The summed E-state index contributed by atoms with van der Waals surface area (Å²) < 4.78 is 0. The van der Waals surface area contributed by atoms with Crippen molar-refractivity contribution in [1.29, 1.82) is 0 Å². The third-order valence-electron chi connectivity index (χ3n) is 4.67. The highest BCUT2D eigenvalue weighted by Crippen LogP contribution is 2.19. The Kier molecular flexibility index (Phi) is 5.31. The van der Waals surface area contributed by atoms with Crippen LogP contribution in [0.25, 0.3) is 0 Å². The molecule has 1 atom stereocenters. The first-order valence-electron chi connectivity index (χ1n) is 8.49. The van der Waals surface area contributed by atoms with Gasteiger partial charge in [-0.25, -0.2) is 0 Å². The van der Waals surface area contributed by atoms with Crippen molar-refractivity contribution in [3.05, 3.63) is 65.7 Å². The summed E-state index contributed by atoms with van der Waals surface area (Å²) in [7, 11) is 0. The van der Waals surface area contributed by atoms with E-state index in [1.54, 1.807) is 0 Å². The van der Waals surface area contributed by atoms with E-state index in [-0.39, 0.29) is 6.10 Å². The standard InChI is InChI=1S/C20H26N2O/c1-17-7-9-18(10-8-17)20(23)11-12-21-13-15-22(16-14-21)19-5-3-2-4-6-19/h2-10,20,23H,11-16H2,1H3/t20-/m0/s1. The minimum Gasteiger partial charge on any atom is -0.388 e. The van der Waals surface area contributed by atoms with Gasteiger partial charge in [0.2, 0.25) is 0 Å². The fourth-order valence-electron chi connectivity index (χ4n) is 3.13. The Labute approximate surface area is 139 Å². The molecular weight excluding hydrogens is 284 g/mol. The molecule has 2 aromatic rings. The second-order valence-electron chi connectivity index (χ2n) is 6.38. The van der Waals surface area contributed by atoms with Gasteiger partial charge in [-0.2, -0.15) is 0 Å². The van der Waals surface area contributed by atoms with E-state index < -0.39 is 0 Å². The number of aliphatic hydroxyl groups is 1. The van der Waals surface area contributed by atoms with Crippen LogP contribution in [0.15, 0.2) is 54.6 Å². The number of aliphatic hydroxyl groups excluding tert-OH is 1. The lowest BCUT2D eigenvalue weighted by molar-refractivity contribution is 0.139. The second kappa shape index (κ2) is 7.62. The van der Waals surface area contributed by atoms with Gasteiger partial charge in [0.05, 0.1) is 6.10 Å². The Hall–Kier alpha value is -1.84. The molecule has 1 fully saturated rings. The Bertz CT molecular complexity index is 589. The highest BCUT2D eigenvalue weighted by molar-refractivity contribution is 5.46. The van der Waals surface area contributed by atoms with Gasteiger partial charge in [0.15, 0.2) is 0 Å². The number of hydrogen-bond donors (Lipinski definition) is 1. The van der Waals surface area contributed by atoms with Crippen LogP contribution in [0.2, 0.25) is 0 Å². The van der Waals surface area contributed by atoms with Crippen LogP contribution < -0.4 is 4.90 Å². The molecule has 1 N–H and O–H groups in total. The molecule has 122 valence electrons. The van der Waals surface area contributed by atoms with E-state index in [9.17, 15) is 5.11 Å². The Morgan fingerprint density at radius 2 is 1.57 bits per heavy atom. The molecule has 0 bridgehead atoms. The van der Waals surface area contributed by atoms with Gasteiger partial charge < -0.3 is 10.0 Å². The molecule has 23 heavy (non-hydrogen) atoms. The molecule has 2 aromatic carbocycles. The number of anilines is 1. The quantitative estimate of drug-likeness (QED) is 0.918. The second-order valence-corrected chi connectivity index (χ2v) is 6.38. The number of nitrogens with zero attached hydrogens (tertiary/aromatic N) is 2. The Balaban J connectivity index is 1.45. The topological polar surface area (TPSA) is 26.7 Å². The maximum absolute atomic E-state index is 10.3. The maximum Gasteiger partial charge on any atom is 0.0802 e. The highest BCUT2D eigenvalue weighted by Gasteiger charge is 2.18. The van der Waals surface area contributed by atoms with Crippen LogP contribution in [0.4, 0.5) is 5.69 Å². The minimum absolute atomic E-state index is 0.359. The van der Waals surface area contributed by atoms with Crippen LogP contribution >= 0.6 is 0 Å². The SMILES string of the molecule is Cc1ccc([C@@H](O)CCN2CCN(c3ccccc3)CC2)cc1. The molecule has 0 saturated carbocycles. The molecule has 3 nitrogen and oxygen atoms in total. The van der Waals surface area contributed by atoms with Gasteiger partial charge in [-0.3, -0.25) is 4.90 Å². The van der Waals surface area contributed by atoms with E-state index in [0.29, 0.717) is 0 Å². The molecule has 1 aliphatic rings. The van der Waals surface area contributed by atoms with Gasteiger partial charge in [-0.05, 0) is 31.0 Å². The zero-order chi connectivity index (χ0) is 16.1.